The van der Waals surface area contributed by atoms with Crippen LogP contribution in [0.1, 0.15) is 68.0 Å². The van der Waals surface area contributed by atoms with Crippen molar-refractivity contribution in [2.24, 2.45) is 0 Å². The van der Waals surface area contributed by atoms with Gasteiger partial charge in [0.15, 0.2) is 11.3 Å². The molecular weight excluding hydrogens is 403 g/mol. The quantitative estimate of drug-likeness (QED) is 0.404. The van der Waals surface area contributed by atoms with E-state index in [9.17, 15) is 18.3 Å². The number of unbranched alkanes of at least 4 members (excludes halogenated alkanes) is 5. The Kier molecular flexibility index (Phi) is 7.49. The summed E-state index contributed by atoms with van der Waals surface area (Å²) in [5.41, 5.74) is -2.88. The third kappa shape index (κ3) is 5.15. The number of hydrogen-bond acceptors (Lipinski definition) is 3. The zero-order valence-electron chi connectivity index (χ0n) is 17.6. The van der Waals surface area contributed by atoms with Crippen molar-refractivity contribution in [3.8, 4) is 0 Å². The molecule has 0 atom stereocenters. The summed E-state index contributed by atoms with van der Waals surface area (Å²) >= 11 is 0. The summed E-state index contributed by atoms with van der Waals surface area (Å²) in [6.45, 7) is 2.39. The maximum Gasteiger partial charge on any atom is 0.437 e. The molecule has 2 aromatic carbocycles. The molecule has 166 valence electrons. The van der Waals surface area contributed by atoms with Crippen molar-refractivity contribution in [2.75, 3.05) is 0 Å². The van der Waals surface area contributed by atoms with Crippen LogP contribution in [0.3, 0.4) is 0 Å². The van der Waals surface area contributed by atoms with E-state index < -0.39 is 17.5 Å². The van der Waals surface area contributed by atoms with E-state index in [4.69, 9.17) is 0 Å². The Morgan fingerprint density at radius 1 is 0.806 bits per heavy atom. The molecule has 1 N–H and O–H groups in total. The minimum absolute atomic E-state index is 0.256. The lowest BCUT2D eigenvalue weighted by Crippen LogP contribution is -2.34. The summed E-state index contributed by atoms with van der Waals surface area (Å²) in [7, 11) is 0. The molecule has 0 bridgehead atoms. The Morgan fingerprint density at radius 3 is 1.84 bits per heavy atom. The lowest BCUT2D eigenvalue weighted by molar-refractivity contribution is -0.143. The molecule has 3 aromatic rings. The molecule has 4 nitrogen and oxygen atoms in total. The molecular formula is C24H28F3N3O. The minimum atomic E-state index is -4.74. The van der Waals surface area contributed by atoms with Gasteiger partial charge in [0.1, 0.15) is 5.69 Å². The van der Waals surface area contributed by atoms with Crippen molar-refractivity contribution in [1.82, 2.24) is 15.0 Å². The SMILES string of the molecule is CCCCCCCCn1nnc(C(F)(F)F)c1C(O)(c1ccccc1)c1ccccc1. The predicted molar refractivity (Wildman–Crippen MR) is 113 cm³/mol. The first-order valence-corrected chi connectivity index (χ1v) is 10.7. The Labute approximate surface area is 180 Å². The van der Waals surface area contributed by atoms with Crippen molar-refractivity contribution in [3.05, 3.63) is 83.2 Å². The van der Waals surface area contributed by atoms with Crippen molar-refractivity contribution < 1.29 is 18.3 Å². The van der Waals surface area contributed by atoms with Crippen LogP contribution in [0.2, 0.25) is 0 Å². The van der Waals surface area contributed by atoms with Gasteiger partial charge in [-0.2, -0.15) is 13.2 Å². The third-order valence-electron chi connectivity index (χ3n) is 5.45. The van der Waals surface area contributed by atoms with Crippen LogP contribution >= 0.6 is 0 Å². The number of rotatable bonds is 10. The summed E-state index contributed by atoms with van der Waals surface area (Å²) in [5.74, 6) is 0. The van der Waals surface area contributed by atoms with Gasteiger partial charge >= 0.3 is 6.18 Å². The van der Waals surface area contributed by atoms with E-state index in [-0.39, 0.29) is 12.2 Å². The normalized spacial score (nSPS) is 12.3. The Bertz CT molecular complexity index is 900. The molecule has 3 rings (SSSR count). The number of hydrogen-bond donors (Lipinski definition) is 1. The van der Waals surface area contributed by atoms with E-state index in [2.05, 4.69) is 17.2 Å². The number of nitrogens with zero attached hydrogens (tertiary/aromatic N) is 3. The molecule has 31 heavy (non-hydrogen) atoms. The van der Waals surface area contributed by atoms with Crippen molar-refractivity contribution in [3.63, 3.8) is 0 Å². The largest absolute Gasteiger partial charge is 0.437 e. The van der Waals surface area contributed by atoms with E-state index in [1.165, 1.54) is 4.68 Å². The van der Waals surface area contributed by atoms with Gasteiger partial charge in [-0.25, -0.2) is 4.68 Å². The van der Waals surface area contributed by atoms with E-state index in [1.54, 1.807) is 60.7 Å². The zero-order chi connectivity index (χ0) is 22.3. The topological polar surface area (TPSA) is 50.9 Å². The third-order valence-corrected chi connectivity index (χ3v) is 5.45. The molecule has 0 spiro atoms. The van der Waals surface area contributed by atoms with Crippen molar-refractivity contribution >= 4 is 0 Å². The van der Waals surface area contributed by atoms with Gasteiger partial charge in [-0.3, -0.25) is 0 Å². The molecule has 0 saturated carbocycles. The van der Waals surface area contributed by atoms with E-state index in [1.807, 2.05) is 0 Å². The zero-order valence-corrected chi connectivity index (χ0v) is 17.6. The van der Waals surface area contributed by atoms with Gasteiger partial charge in [0.2, 0.25) is 0 Å². The fourth-order valence-electron chi connectivity index (χ4n) is 3.86. The fraction of sp³-hybridized carbons (Fsp3) is 0.417. The monoisotopic (exact) mass is 431 g/mol. The molecule has 0 aliphatic heterocycles. The second-order valence-electron chi connectivity index (χ2n) is 7.72. The molecule has 7 heteroatoms. The van der Waals surface area contributed by atoms with Gasteiger partial charge in [0, 0.05) is 6.54 Å². The highest BCUT2D eigenvalue weighted by atomic mass is 19.4. The fourth-order valence-corrected chi connectivity index (χ4v) is 3.86. The first-order chi connectivity index (χ1) is 14.9. The first-order valence-electron chi connectivity index (χ1n) is 10.7. The van der Waals surface area contributed by atoms with Gasteiger partial charge < -0.3 is 5.11 Å². The highest BCUT2D eigenvalue weighted by molar-refractivity contribution is 5.46. The second-order valence-corrected chi connectivity index (χ2v) is 7.72. The molecule has 0 unspecified atom stereocenters. The molecule has 0 radical (unpaired) electrons. The summed E-state index contributed by atoms with van der Waals surface area (Å²) in [5, 5.41) is 19.2. The van der Waals surface area contributed by atoms with Crippen molar-refractivity contribution in [1.29, 1.82) is 0 Å². The maximum atomic E-state index is 13.9. The number of aromatic nitrogens is 3. The average Bonchev–Trinajstić information content (AvgIpc) is 3.22. The van der Waals surface area contributed by atoms with Crippen LogP contribution in [0.4, 0.5) is 13.2 Å². The van der Waals surface area contributed by atoms with E-state index >= 15 is 0 Å². The number of aliphatic hydroxyl groups is 1. The van der Waals surface area contributed by atoms with Gasteiger partial charge in [-0.1, -0.05) is 105 Å². The summed E-state index contributed by atoms with van der Waals surface area (Å²) < 4.78 is 43.0. The summed E-state index contributed by atoms with van der Waals surface area (Å²) in [4.78, 5) is 0. The highest BCUT2D eigenvalue weighted by Gasteiger charge is 2.48. The second kappa shape index (κ2) is 10.1. The Morgan fingerprint density at radius 2 is 1.32 bits per heavy atom. The Hall–Kier alpha value is -2.67. The summed E-state index contributed by atoms with van der Waals surface area (Å²) in [6.07, 6.45) is 1.20. The van der Waals surface area contributed by atoms with E-state index in [0.29, 0.717) is 17.5 Å². The molecule has 1 aromatic heterocycles. The number of alkyl halides is 3. The number of halogens is 3. The first kappa shape index (κ1) is 23.0. The summed E-state index contributed by atoms with van der Waals surface area (Å²) in [6, 6.07) is 16.8. The van der Waals surface area contributed by atoms with E-state index in [0.717, 1.165) is 32.1 Å². The van der Waals surface area contributed by atoms with Gasteiger partial charge in [0.05, 0.1) is 0 Å². The Balaban J connectivity index is 2.06. The minimum Gasteiger partial charge on any atom is -0.374 e. The van der Waals surface area contributed by atoms with Crippen LogP contribution in [0, 0.1) is 0 Å². The smallest absolute Gasteiger partial charge is 0.374 e. The number of benzene rings is 2. The number of aryl methyl sites for hydroxylation is 1. The highest BCUT2D eigenvalue weighted by Crippen LogP contribution is 2.42. The molecule has 0 aliphatic carbocycles. The predicted octanol–water partition coefficient (Wildman–Crippen LogP) is 5.94. The molecule has 0 fully saturated rings. The van der Waals surface area contributed by atoms with Crippen LogP contribution in [0.25, 0.3) is 0 Å². The van der Waals surface area contributed by atoms with Gasteiger partial charge in [-0.15, -0.1) is 5.10 Å². The maximum absolute atomic E-state index is 13.9. The molecule has 0 saturated heterocycles. The standard InChI is InChI=1S/C24H28F3N3O/c1-2-3-4-5-6-13-18-30-22(21(28-29-30)24(25,26)27)23(31,19-14-9-7-10-15-19)20-16-11-8-12-17-20/h7-12,14-17,31H,2-6,13,18H2,1H3. The van der Waals surface area contributed by atoms with Crippen LogP contribution in [-0.2, 0) is 18.3 Å². The average molecular weight is 432 g/mol. The molecule has 0 amide bonds. The van der Waals surface area contributed by atoms with Crippen molar-refractivity contribution in [2.45, 2.75) is 63.8 Å². The van der Waals surface area contributed by atoms with Crippen LogP contribution in [-0.4, -0.2) is 20.1 Å². The van der Waals surface area contributed by atoms with Gasteiger partial charge in [-0.05, 0) is 17.5 Å². The molecule has 0 aliphatic rings. The lowest BCUT2D eigenvalue weighted by Gasteiger charge is -2.31. The molecule has 1 heterocycles. The van der Waals surface area contributed by atoms with Crippen LogP contribution in [0.5, 0.6) is 0 Å². The van der Waals surface area contributed by atoms with Crippen LogP contribution in [0.15, 0.2) is 60.7 Å². The van der Waals surface area contributed by atoms with Gasteiger partial charge in [0.25, 0.3) is 0 Å². The lowest BCUT2D eigenvalue weighted by atomic mass is 9.82. The van der Waals surface area contributed by atoms with Crippen LogP contribution < -0.4 is 0 Å².